The smallest absolute Gasteiger partial charge is 0.230 e. The molecule has 0 atom stereocenters. The van der Waals surface area contributed by atoms with E-state index in [4.69, 9.17) is 4.98 Å². The Morgan fingerprint density at radius 3 is 2.59 bits per heavy atom. The molecule has 2 aromatic heterocycles. The van der Waals surface area contributed by atoms with Gasteiger partial charge in [-0.25, -0.2) is 4.98 Å². The van der Waals surface area contributed by atoms with Crippen LogP contribution in [-0.4, -0.2) is 25.7 Å². The Bertz CT molecular complexity index is 1230. The van der Waals surface area contributed by atoms with Crippen molar-refractivity contribution in [1.82, 2.24) is 19.7 Å². The fourth-order valence-electron chi connectivity index (χ4n) is 3.55. The number of aromatic nitrogens is 4. The molecule has 0 saturated heterocycles. The standard InChI is InChI=1S/C24H25N5OS2/c1-5-28-22(19-9-7-6-8-10-19)26-27-24(28)32-15-20-14-31-23(25-20)29(18(4)30)21-12-11-16(2)13-17(21)3/h6-14H,5,15H2,1-4H3. The first-order valence-electron chi connectivity index (χ1n) is 10.4. The number of amides is 1. The first kappa shape index (κ1) is 22.2. The van der Waals surface area contributed by atoms with Crippen LogP contribution in [0.5, 0.6) is 0 Å². The molecule has 0 spiro atoms. The van der Waals surface area contributed by atoms with Gasteiger partial charge in [0.25, 0.3) is 0 Å². The molecule has 4 aromatic rings. The molecule has 0 aliphatic carbocycles. The second-order valence-electron chi connectivity index (χ2n) is 7.47. The van der Waals surface area contributed by atoms with Crippen molar-refractivity contribution in [3.8, 4) is 11.4 Å². The molecule has 0 saturated carbocycles. The second-order valence-corrected chi connectivity index (χ2v) is 9.25. The maximum atomic E-state index is 12.5. The minimum atomic E-state index is -0.0521. The van der Waals surface area contributed by atoms with E-state index >= 15 is 0 Å². The molecule has 0 N–H and O–H groups in total. The van der Waals surface area contributed by atoms with E-state index < -0.39 is 0 Å². The lowest BCUT2D eigenvalue weighted by Crippen LogP contribution is -2.23. The molecular formula is C24H25N5OS2. The Labute approximate surface area is 196 Å². The van der Waals surface area contributed by atoms with Gasteiger partial charge in [0, 0.05) is 30.2 Å². The Morgan fingerprint density at radius 2 is 1.91 bits per heavy atom. The average Bonchev–Trinajstić information content (AvgIpc) is 3.41. The zero-order valence-electron chi connectivity index (χ0n) is 18.6. The number of carbonyl (C=O) groups excluding carboxylic acids is 1. The molecular weight excluding hydrogens is 438 g/mol. The van der Waals surface area contributed by atoms with Gasteiger partial charge in [0.05, 0.1) is 11.4 Å². The number of thioether (sulfide) groups is 1. The Balaban J connectivity index is 1.54. The summed E-state index contributed by atoms with van der Waals surface area (Å²) in [5.74, 6) is 1.47. The lowest BCUT2D eigenvalue weighted by atomic mass is 10.1. The molecule has 1 amide bonds. The number of nitrogens with zero attached hydrogens (tertiary/aromatic N) is 5. The van der Waals surface area contributed by atoms with Crippen LogP contribution in [0.2, 0.25) is 0 Å². The fraction of sp³-hybridized carbons (Fsp3) is 0.250. The zero-order valence-corrected chi connectivity index (χ0v) is 20.2. The van der Waals surface area contributed by atoms with Gasteiger partial charge in [-0.05, 0) is 32.4 Å². The predicted molar refractivity (Wildman–Crippen MR) is 132 cm³/mol. The summed E-state index contributed by atoms with van der Waals surface area (Å²) in [6.07, 6.45) is 0. The Kier molecular flexibility index (Phi) is 6.72. The summed E-state index contributed by atoms with van der Waals surface area (Å²) in [5, 5.41) is 12.4. The highest BCUT2D eigenvalue weighted by Gasteiger charge is 2.20. The molecule has 0 aliphatic rings. The van der Waals surface area contributed by atoms with E-state index in [1.807, 2.05) is 61.7 Å². The normalized spacial score (nSPS) is 11.0. The quantitative estimate of drug-likeness (QED) is 0.314. The third kappa shape index (κ3) is 4.61. The van der Waals surface area contributed by atoms with Crippen LogP contribution in [0.3, 0.4) is 0 Å². The maximum Gasteiger partial charge on any atom is 0.230 e. The first-order chi connectivity index (χ1) is 15.5. The summed E-state index contributed by atoms with van der Waals surface area (Å²) >= 11 is 3.08. The number of aryl methyl sites for hydroxylation is 2. The van der Waals surface area contributed by atoms with Crippen molar-refractivity contribution in [2.24, 2.45) is 0 Å². The number of carbonyl (C=O) groups is 1. The number of benzene rings is 2. The molecule has 2 heterocycles. The highest BCUT2D eigenvalue weighted by Crippen LogP contribution is 2.33. The van der Waals surface area contributed by atoms with Crippen LogP contribution >= 0.6 is 23.1 Å². The Morgan fingerprint density at radius 1 is 1.12 bits per heavy atom. The van der Waals surface area contributed by atoms with Crippen LogP contribution in [0.4, 0.5) is 10.8 Å². The average molecular weight is 464 g/mol. The van der Waals surface area contributed by atoms with Crippen LogP contribution in [0.25, 0.3) is 11.4 Å². The van der Waals surface area contributed by atoms with Gasteiger partial charge in [0.15, 0.2) is 16.1 Å². The van der Waals surface area contributed by atoms with E-state index in [0.717, 1.165) is 40.0 Å². The van der Waals surface area contributed by atoms with Crippen molar-refractivity contribution in [1.29, 1.82) is 0 Å². The van der Waals surface area contributed by atoms with Crippen molar-refractivity contribution >= 4 is 39.8 Å². The molecule has 6 nitrogen and oxygen atoms in total. The molecule has 164 valence electrons. The highest BCUT2D eigenvalue weighted by molar-refractivity contribution is 7.98. The number of thiazole rings is 1. The number of anilines is 2. The van der Waals surface area contributed by atoms with Gasteiger partial charge >= 0.3 is 0 Å². The second kappa shape index (κ2) is 9.67. The zero-order chi connectivity index (χ0) is 22.7. The topological polar surface area (TPSA) is 63.9 Å². The lowest BCUT2D eigenvalue weighted by Gasteiger charge is -2.20. The van der Waals surface area contributed by atoms with E-state index in [0.29, 0.717) is 10.9 Å². The molecule has 0 aliphatic heterocycles. The third-order valence-corrected chi connectivity index (χ3v) is 6.93. The minimum absolute atomic E-state index is 0.0521. The largest absolute Gasteiger partial charge is 0.302 e. The monoisotopic (exact) mass is 463 g/mol. The highest BCUT2D eigenvalue weighted by atomic mass is 32.2. The summed E-state index contributed by atoms with van der Waals surface area (Å²) in [6, 6.07) is 16.2. The van der Waals surface area contributed by atoms with Crippen LogP contribution in [0.1, 0.15) is 30.7 Å². The molecule has 2 aromatic carbocycles. The van der Waals surface area contributed by atoms with Gasteiger partial charge in [0.1, 0.15) is 0 Å². The van der Waals surface area contributed by atoms with Gasteiger partial charge < -0.3 is 4.57 Å². The minimum Gasteiger partial charge on any atom is -0.302 e. The van der Waals surface area contributed by atoms with Crippen LogP contribution in [0.15, 0.2) is 59.1 Å². The SMILES string of the molecule is CCn1c(SCc2csc(N(C(C)=O)c3ccc(C)cc3C)n2)nnc1-c1ccccc1. The molecule has 8 heteroatoms. The molecule has 0 radical (unpaired) electrons. The maximum absolute atomic E-state index is 12.5. The van der Waals surface area contributed by atoms with Crippen LogP contribution in [0, 0.1) is 13.8 Å². The van der Waals surface area contributed by atoms with E-state index in [1.165, 1.54) is 16.9 Å². The molecule has 0 fully saturated rings. The van der Waals surface area contributed by atoms with Gasteiger partial charge in [-0.3, -0.25) is 9.69 Å². The van der Waals surface area contributed by atoms with E-state index in [-0.39, 0.29) is 5.91 Å². The van der Waals surface area contributed by atoms with Crippen LogP contribution in [-0.2, 0) is 17.1 Å². The number of rotatable bonds is 7. The summed E-state index contributed by atoms with van der Waals surface area (Å²) in [7, 11) is 0. The summed E-state index contributed by atoms with van der Waals surface area (Å²) in [5.41, 5.74) is 5.06. The van der Waals surface area contributed by atoms with Crippen LogP contribution < -0.4 is 4.90 Å². The predicted octanol–water partition coefficient (Wildman–Crippen LogP) is 6.02. The molecule has 4 rings (SSSR count). The van der Waals surface area contributed by atoms with Crippen molar-refractivity contribution in [2.75, 3.05) is 4.90 Å². The van der Waals surface area contributed by atoms with Gasteiger partial charge in [-0.2, -0.15) is 0 Å². The van der Waals surface area contributed by atoms with Crippen molar-refractivity contribution in [3.63, 3.8) is 0 Å². The number of hydrogen-bond acceptors (Lipinski definition) is 6. The van der Waals surface area contributed by atoms with Crippen molar-refractivity contribution < 1.29 is 4.79 Å². The van der Waals surface area contributed by atoms with Gasteiger partial charge in [-0.15, -0.1) is 21.5 Å². The molecule has 0 bridgehead atoms. The van der Waals surface area contributed by atoms with Crippen molar-refractivity contribution in [3.05, 3.63) is 70.7 Å². The van der Waals surface area contributed by atoms with Gasteiger partial charge in [0.2, 0.25) is 5.91 Å². The number of hydrogen-bond donors (Lipinski definition) is 0. The third-order valence-electron chi connectivity index (χ3n) is 5.05. The van der Waals surface area contributed by atoms with E-state index in [1.54, 1.807) is 23.6 Å². The van der Waals surface area contributed by atoms with E-state index in [9.17, 15) is 4.79 Å². The molecule has 32 heavy (non-hydrogen) atoms. The van der Waals surface area contributed by atoms with E-state index in [2.05, 4.69) is 27.8 Å². The Hall–Kier alpha value is -2.97. The lowest BCUT2D eigenvalue weighted by molar-refractivity contribution is -0.115. The van der Waals surface area contributed by atoms with Crippen molar-refractivity contribution in [2.45, 2.75) is 45.1 Å². The summed E-state index contributed by atoms with van der Waals surface area (Å²) in [4.78, 5) is 18.9. The fourth-order valence-corrected chi connectivity index (χ4v) is 5.43. The molecule has 0 unspecified atom stereocenters. The summed E-state index contributed by atoms with van der Waals surface area (Å²) in [6.45, 7) is 8.52. The van der Waals surface area contributed by atoms with Gasteiger partial charge in [-0.1, -0.05) is 59.8 Å². The summed E-state index contributed by atoms with van der Waals surface area (Å²) < 4.78 is 2.12. The first-order valence-corrected chi connectivity index (χ1v) is 12.3.